The summed E-state index contributed by atoms with van der Waals surface area (Å²) in [7, 11) is 0. The van der Waals surface area contributed by atoms with Crippen molar-refractivity contribution in [2.75, 3.05) is 13.2 Å². The van der Waals surface area contributed by atoms with Crippen LogP contribution in [0, 0.1) is 0 Å². The number of carbonyl (C=O) groups is 3. The predicted molar refractivity (Wildman–Crippen MR) is 136 cm³/mol. The van der Waals surface area contributed by atoms with Crippen LogP contribution in [-0.4, -0.2) is 42.4 Å². The zero-order valence-corrected chi connectivity index (χ0v) is 22.6. The Labute approximate surface area is 225 Å². The number of halogens is 3. The third kappa shape index (κ3) is 9.19. The van der Waals surface area contributed by atoms with E-state index in [4.69, 9.17) is 18.9 Å². The monoisotopic (exact) mass is 553 g/mol. The molecule has 0 aliphatic carbocycles. The zero-order chi connectivity index (χ0) is 29.3. The van der Waals surface area contributed by atoms with Crippen LogP contribution in [0.1, 0.15) is 58.6 Å². The minimum absolute atomic E-state index is 0.0419. The van der Waals surface area contributed by atoms with Crippen molar-refractivity contribution < 1.29 is 46.5 Å². The van der Waals surface area contributed by atoms with Gasteiger partial charge in [-0.2, -0.15) is 13.2 Å². The van der Waals surface area contributed by atoms with Gasteiger partial charge in [0.2, 0.25) is 5.54 Å². The highest BCUT2D eigenvalue weighted by Crippen LogP contribution is 2.33. The molecule has 0 aromatic heterocycles. The second kappa shape index (κ2) is 13.3. The fraction of sp³-hybridized carbons (Fsp3) is 0.464. The van der Waals surface area contributed by atoms with E-state index in [1.54, 1.807) is 58.9 Å². The maximum atomic E-state index is 13.0. The molecular weight excluding hydrogens is 519 g/mol. The number of ether oxygens (including phenoxy) is 4. The van der Waals surface area contributed by atoms with Crippen molar-refractivity contribution in [2.45, 2.75) is 71.2 Å². The molecule has 1 amide bonds. The van der Waals surface area contributed by atoms with Crippen LogP contribution < -0.4 is 10.1 Å². The molecule has 0 atom stereocenters. The van der Waals surface area contributed by atoms with Crippen LogP contribution in [0.5, 0.6) is 11.5 Å². The maximum absolute atomic E-state index is 13.0. The second-order valence-corrected chi connectivity index (χ2v) is 9.56. The van der Waals surface area contributed by atoms with Crippen molar-refractivity contribution in [3.05, 3.63) is 59.7 Å². The number of alkyl carbamates (subject to hydrolysis) is 1. The number of nitrogens with one attached hydrogen (secondary N) is 1. The average Bonchev–Trinajstić information content (AvgIpc) is 2.83. The molecule has 11 heteroatoms. The molecule has 0 saturated carbocycles. The summed E-state index contributed by atoms with van der Waals surface area (Å²) in [5, 5.41) is 2.38. The summed E-state index contributed by atoms with van der Waals surface area (Å²) in [5.74, 6) is -1.38. The molecule has 214 valence electrons. The van der Waals surface area contributed by atoms with Gasteiger partial charge in [-0.3, -0.25) is 5.32 Å². The molecular formula is C28H34F3NO7. The topological polar surface area (TPSA) is 100 Å². The number of esters is 2. The number of rotatable bonds is 11. The third-order valence-corrected chi connectivity index (χ3v) is 5.34. The van der Waals surface area contributed by atoms with E-state index in [0.717, 1.165) is 12.1 Å². The Morgan fingerprint density at radius 3 is 1.92 bits per heavy atom. The van der Waals surface area contributed by atoms with Crippen LogP contribution in [0.25, 0.3) is 0 Å². The summed E-state index contributed by atoms with van der Waals surface area (Å²) in [5.41, 5.74) is -3.18. The largest absolute Gasteiger partial charge is 0.464 e. The van der Waals surface area contributed by atoms with Crippen molar-refractivity contribution >= 4 is 18.0 Å². The number of hydrogen-bond donors (Lipinski definition) is 1. The molecule has 0 saturated heterocycles. The van der Waals surface area contributed by atoms with Gasteiger partial charge in [0.1, 0.15) is 17.1 Å². The van der Waals surface area contributed by atoms with Gasteiger partial charge in [0, 0.05) is 0 Å². The molecule has 39 heavy (non-hydrogen) atoms. The van der Waals surface area contributed by atoms with Gasteiger partial charge in [0.15, 0.2) is 0 Å². The van der Waals surface area contributed by atoms with Gasteiger partial charge in [0.25, 0.3) is 0 Å². The highest BCUT2D eigenvalue weighted by Gasteiger charge is 2.50. The van der Waals surface area contributed by atoms with E-state index in [0.29, 0.717) is 11.3 Å². The number of alkyl halides is 3. The molecule has 0 radical (unpaired) electrons. The highest BCUT2D eigenvalue weighted by molar-refractivity contribution is 6.07. The van der Waals surface area contributed by atoms with Crippen LogP contribution in [0.2, 0.25) is 0 Å². The van der Waals surface area contributed by atoms with E-state index < -0.39 is 40.9 Å². The molecule has 2 aromatic carbocycles. The first-order valence-electron chi connectivity index (χ1n) is 12.5. The molecule has 0 aliphatic heterocycles. The number of amides is 1. The van der Waals surface area contributed by atoms with Crippen molar-refractivity contribution in [1.82, 2.24) is 5.32 Å². The van der Waals surface area contributed by atoms with E-state index in [1.807, 2.05) is 0 Å². The molecule has 2 rings (SSSR count). The van der Waals surface area contributed by atoms with E-state index in [-0.39, 0.29) is 38.2 Å². The van der Waals surface area contributed by atoms with Crippen molar-refractivity contribution in [2.24, 2.45) is 0 Å². The molecule has 0 aliphatic rings. The molecule has 2 aromatic rings. The maximum Gasteiger partial charge on any atom is 0.416 e. The van der Waals surface area contributed by atoms with E-state index in [2.05, 4.69) is 5.32 Å². The quantitative estimate of drug-likeness (QED) is 0.201. The summed E-state index contributed by atoms with van der Waals surface area (Å²) in [4.78, 5) is 38.7. The summed E-state index contributed by atoms with van der Waals surface area (Å²) >= 11 is 0. The zero-order valence-electron chi connectivity index (χ0n) is 22.6. The van der Waals surface area contributed by atoms with Gasteiger partial charge < -0.3 is 18.9 Å². The van der Waals surface area contributed by atoms with Crippen LogP contribution in [0.4, 0.5) is 18.0 Å². The Morgan fingerprint density at radius 2 is 1.41 bits per heavy atom. The van der Waals surface area contributed by atoms with Crippen LogP contribution in [0.3, 0.4) is 0 Å². The lowest BCUT2D eigenvalue weighted by atomic mass is 9.91. The Balaban J connectivity index is 2.27. The van der Waals surface area contributed by atoms with Gasteiger partial charge in [-0.1, -0.05) is 18.2 Å². The highest BCUT2D eigenvalue weighted by atomic mass is 19.4. The van der Waals surface area contributed by atoms with E-state index in [1.165, 1.54) is 12.1 Å². The molecule has 0 heterocycles. The lowest BCUT2D eigenvalue weighted by Gasteiger charge is -2.31. The summed E-state index contributed by atoms with van der Waals surface area (Å²) in [6, 6.07) is 11.1. The number of hydrogen-bond acceptors (Lipinski definition) is 7. The smallest absolute Gasteiger partial charge is 0.416 e. The van der Waals surface area contributed by atoms with Crippen molar-refractivity contribution in [3.63, 3.8) is 0 Å². The Kier molecular flexibility index (Phi) is 10.8. The summed E-state index contributed by atoms with van der Waals surface area (Å²) < 4.78 is 60.0. The molecule has 0 unspecified atom stereocenters. The number of aryl methyl sites for hydroxylation is 1. The van der Waals surface area contributed by atoms with Crippen molar-refractivity contribution in [3.8, 4) is 11.5 Å². The van der Waals surface area contributed by atoms with Gasteiger partial charge in [-0.15, -0.1) is 0 Å². The lowest BCUT2D eigenvalue weighted by Crippen LogP contribution is -2.62. The fourth-order valence-corrected chi connectivity index (χ4v) is 3.63. The summed E-state index contributed by atoms with van der Waals surface area (Å²) in [6.07, 6.45) is -5.16. The van der Waals surface area contributed by atoms with Crippen LogP contribution in [-0.2, 0) is 36.4 Å². The number of para-hydroxylation sites is 1. The average molecular weight is 554 g/mol. The van der Waals surface area contributed by atoms with Gasteiger partial charge >= 0.3 is 24.2 Å². The molecule has 0 bridgehead atoms. The Morgan fingerprint density at radius 1 is 0.846 bits per heavy atom. The third-order valence-electron chi connectivity index (χ3n) is 5.34. The number of carbonyl (C=O) groups excluding carboxylic acids is 3. The normalized spacial score (nSPS) is 11.9. The van der Waals surface area contributed by atoms with Crippen LogP contribution >= 0.6 is 0 Å². The fourth-order valence-electron chi connectivity index (χ4n) is 3.63. The summed E-state index contributed by atoms with van der Waals surface area (Å²) in [6.45, 7) is 7.95. The van der Waals surface area contributed by atoms with Crippen LogP contribution in [0.15, 0.2) is 48.5 Å². The van der Waals surface area contributed by atoms with Gasteiger partial charge in [-0.25, -0.2) is 14.4 Å². The first-order chi connectivity index (χ1) is 18.2. The second-order valence-electron chi connectivity index (χ2n) is 9.56. The van der Waals surface area contributed by atoms with E-state index >= 15 is 0 Å². The molecule has 0 spiro atoms. The minimum Gasteiger partial charge on any atom is -0.464 e. The first kappa shape index (κ1) is 31.5. The minimum atomic E-state index is -4.46. The molecule has 1 N–H and O–H groups in total. The first-order valence-corrected chi connectivity index (χ1v) is 12.5. The lowest BCUT2D eigenvalue weighted by molar-refractivity contribution is -0.166. The molecule has 8 nitrogen and oxygen atoms in total. The SMILES string of the molecule is CCOC(=O)C(CCCc1ccccc1Oc1ccc(C(F)(F)F)cc1)(NC(=O)OC(C)(C)C)C(=O)OCC. The Bertz CT molecular complexity index is 1110. The van der Waals surface area contributed by atoms with Gasteiger partial charge in [0.05, 0.1) is 18.8 Å². The Hall–Kier alpha value is -3.76. The van der Waals surface area contributed by atoms with E-state index in [9.17, 15) is 27.6 Å². The number of benzene rings is 2. The molecule has 0 fully saturated rings. The predicted octanol–water partition coefficient (Wildman–Crippen LogP) is 6.21. The van der Waals surface area contributed by atoms with Crippen molar-refractivity contribution in [1.29, 1.82) is 0 Å². The van der Waals surface area contributed by atoms with Gasteiger partial charge in [-0.05, 0) is 89.8 Å². The standard InChI is InChI=1S/C28H34F3NO7/c1-6-36-23(33)27(24(34)37-7-2,32-25(35)39-26(3,4)5)18-10-12-19-11-8-9-13-22(19)38-21-16-14-20(15-17-21)28(29,30)31/h8-9,11,13-17H,6-7,10,12,18H2,1-5H3,(H,32,35).